The fraction of sp³-hybridized carbons (Fsp3) is 0.222. The van der Waals surface area contributed by atoms with Gasteiger partial charge in [0.2, 0.25) is 0 Å². The van der Waals surface area contributed by atoms with Gasteiger partial charge in [0.25, 0.3) is 0 Å². The first-order chi connectivity index (χ1) is 6.88. The van der Waals surface area contributed by atoms with Crippen LogP contribution >= 0.6 is 0 Å². The molecular formula is C9H10N4O. The summed E-state index contributed by atoms with van der Waals surface area (Å²) < 4.78 is 1.68. The first kappa shape index (κ1) is 8.83. The molecule has 2 heterocycles. The Labute approximate surface area is 81.0 Å². The van der Waals surface area contributed by atoms with Gasteiger partial charge in [0.1, 0.15) is 5.69 Å². The van der Waals surface area contributed by atoms with E-state index in [0.717, 1.165) is 5.56 Å². The Morgan fingerprint density at radius 2 is 2.07 bits per heavy atom. The minimum atomic E-state index is -0.0731. The molecule has 0 aliphatic heterocycles. The molecule has 0 amide bonds. The molecule has 0 saturated carbocycles. The Morgan fingerprint density at radius 3 is 2.71 bits per heavy atom. The first-order valence-electron chi connectivity index (χ1n) is 4.27. The quantitative estimate of drug-likeness (QED) is 0.751. The molecule has 0 unspecified atom stereocenters. The lowest BCUT2D eigenvalue weighted by atomic mass is 10.3. The molecule has 0 bridgehead atoms. The second-order valence-electron chi connectivity index (χ2n) is 2.92. The maximum Gasteiger partial charge on any atom is 0.108 e. The predicted molar refractivity (Wildman–Crippen MR) is 49.3 cm³/mol. The summed E-state index contributed by atoms with van der Waals surface area (Å²) in [5.41, 5.74) is 1.69. The molecule has 0 fully saturated rings. The average molecular weight is 190 g/mol. The molecule has 0 aromatic carbocycles. The van der Waals surface area contributed by atoms with E-state index in [0.29, 0.717) is 12.2 Å². The van der Waals surface area contributed by atoms with Gasteiger partial charge in [-0.15, -0.1) is 5.10 Å². The van der Waals surface area contributed by atoms with E-state index in [9.17, 15) is 0 Å². The highest BCUT2D eigenvalue weighted by Gasteiger charge is 1.99. The molecule has 2 rings (SSSR count). The van der Waals surface area contributed by atoms with Crippen LogP contribution in [-0.4, -0.2) is 25.1 Å². The number of nitrogens with zero attached hydrogens (tertiary/aromatic N) is 4. The third kappa shape index (κ3) is 1.94. The van der Waals surface area contributed by atoms with Crippen molar-refractivity contribution in [2.24, 2.45) is 0 Å². The van der Waals surface area contributed by atoms with Crippen LogP contribution in [0.15, 0.2) is 30.7 Å². The summed E-state index contributed by atoms with van der Waals surface area (Å²) in [6.07, 6.45) is 5.19. The number of aliphatic hydroxyl groups is 1. The number of hydrogen-bond donors (Lipinski definition) is 1. The molecule has 5 nitrogen and oxygen atoms in total. The van der Waals surface area contributed by atoms with Crippen LogP contribution in [0.1, 0.15) is 11.3 Å². The zero-order chi connectivity index (χ0) is 9.80. The number of aromatic nitrogens is 4. The molecule has 0 radical (unpaired) electrons. The normalized spacial score (nSPS) is 10.4. The fourth-order valence-corrected chi connectivity index (χ4v) is 1.16. The second kappa shape index (κ2) is 3.97. The van der Waals surface area contributed by atoms with Gasteiger partial charge in [-0.2, -0.15) is 0 Å². The van der Waals surface area contributed by atoms with Crippen LogP contribution in [0.3, 0.4) is 0 Å². The van der Waals surface area contributed by atoms with Crippen molar-refractivity contribution in [3.8, 4) is 0 Å². The van der Waals surface area contributed by atoms with Gasteiger partial charge < -0.3 is 5.11 Å². The predicted octanol–water partition coefficient (Wildman–Crippen LogP) is 0.214. The lowest BCUT2D eigenvalue weighted by molar-refractivity contribution is 0.276. The molecule has 0 spiro atoms. The average Bonchev–Trinajstić information content (AvgIpc) is 2.67. The van der Waals surface area contributed by atoms with E-state index in [-0.39, 0.29) is 6.61 Å². The van der Waals surface area contributed by atoms with Crippen LogP contribution in [0.2, 0.25) is 0 Å². The Hall–Kier alpha value is -1.75. The van der Waals surface area contributed by atoms with E-state index >= 15 is 0 Å². The highest BCUT2D eigenvalue weighted by molar-refractivity contribution is 5.09. The van der Waals surface area contributed by atoms with E-state index in [2.05, 4.69) is 15.3 Å². The van der Waals surface area contributed by atoms with E-state index in [1.165, 1.54) is 0 Å². The monoisotopic (exact) mass is 190 g/mol. The van der Waals surface area contributed by atoms with Gasteiger partial charge in [-0.25, -0.2) is 4.68 Å². The summed E-state index contributed by atoms with van der Waals surface area (Å²) in [5.74, 6) is 0. The van der Waals surface area contributed by atoms with Gasteiger partial charge >= 0.3 is 0 Å². The zero-order valence-corrected chi connectivity index (χ0v) is 7.54. The number of aliphatic hydroxyl groups excluding tert-OH is 1. The van der Waals surface area contributed by atoms with Crippen LogP contribution in [0.25, 0.3) is 0 Å². The molecular weight excluding hydrogens is 180 g/mol. The minimum Gasteiger partial charge on any atom is -0.390 e. The summed E-state index contributed by atoms with van der Waals surface area (Å²) in [7, 11) is 0. The number of pyridine rings is 1. The third-order valence-electron chi connectivity index (χ3n) is 1.84. The largest absolute Gasteiger partial charge is 0.390 e. The van der Waals surface area contributed by atoms with Crippen molar-refractivity contribution in [3.63, 3.8) is 0 Å². The van der Waals surface area contributed by atoms with E-state index in [4.69, 9.17) is 5.11 Å². The molecule has 1 N–H and O–H groups in total. The Balaban J connectivity index is 2.11. The highest BCUT2D eigenvalue weighted by Crippen LogP contribution is 2.00. The lowest BCUT2D eigenvalue weighted by Crippen LogP contribution is -2.00. The molecule has 72 valence electrons. The van der Waals surface area contributed by atoms with Gasteiger partial charge in [-0.05, 0) is 17.7 Å². The Bertz CT molecular complexity index is 398. The van der Waals surface area contributed by atoms with Gasteiger partial charge in [0.05, 0.1) is 19.3 Å². The fourth-order valence-electron chi connectivity index (χ4n) is 1.16. The van der Waals surface area contributed by atoms with E-state index in [1.807, 2.05) is 12.1 Å². The number of rotatable bonds is 3. The molecule has 0 aliphatic rings. The summed E-state index contributed by atoms with van der Waals surface area (Å²) >= 11 is 0. The van der Waals surface area contributed by atoms with Crippen molar-refractivity contribution in [2.45, 2.75) is 13.2 Å². The molecule has 0 saturated heterocycles. The topological polar surface area (TPSA) is 63.8 Å². The van der Waals surface area contributed by atoms with Crippen molar-refractivity contribution in [3.05, 3.63) is 42.0 Å². The smallest absolute Gasteiger partial charge is 0.108 e. The van der Waals surface area contributed by atoms with Crippen LogP contribution < -0.4 is 0 Å². The molecule has 5 heteroatoms. The summed E-state index contributed by atoms with van der Waals surface area (Å²) in [4.78, 5) is 3.92. The van der Waals surface area contributed by atoms with Gasteiger partial charge in [0, 0.05) is 12.4 Å². The van der Waals surface area contributed by atoms with Crippen LogP contribution in [-0.2, 0) is 13.2 Å². The molecule has 0 atom stereocenters. The third-order valence-corrected chi connectivity index (χ3v) is 1.84. The second-order valence-corrected chi connectivity index (χ2v) is 2.92. The lowest BCUT2D eigenvalue weighted by Gasteiger charge is -1.98. The standard InChI is InChI=1S/C9H10N4O/c14-7-9-6-13(12-11-9)5-8-1-3-10-4-2-8/h1-4,6,14H,5,7H2. The Kier molecular flexibility index (Phi) is 2.51. The summed E-state index contributed by atoms with van der Waals surface area (Å²) in [6.45, 7) is 0.575. The summed E-state index contributed by atoms with van der Waals surface area (Å²) in [6, 6.07) is 3.83. The van der Waals surface area contributed by atoms with Crippen LogP contribution in [0.4, 0.5) is 0 Å². The number of hydrogen-bond acceptors (Lipinski definition) is 4. The van der Waals surface area contributed by atoms with Gasteiger partial charge in [-0.3, -0.25) is 4.98 Å². The van der Waals surface area contributed by atoms with E-state index < -0.39 is 0 Å². The Morgan fingerprint density at radius 1 is 1.29 bits per heavy atom. The van der Waals surface area contributed by atoms with Crippen LogP contribution in [0, 0.1) is 0 Å². The van der Waals surface area contributed by atoms with Gasteiger partial charge in [-0.1, -0.05) is 5.21 Å². The maximum absolute atomic E-state index is 8.79. The molecule has 2 aromatic rings. The minimum absolute atomic E-state index is 0.0731. The highest BCUT2D eigenvalue weighted by atomic mass is 16.3. The zero-order valence-electron chi connectivity index (χ0n) is 7.54. The van der Waals surface area contributed by atoms with Crippen molar-refractivity contribution >= 4 is 0 Å². The van der Waals surface area contributed by atoms with Gasteiger partial charge in [0.15, 0.2) is 0 Å². The van der Waals surface area contributed by atoms with Crippen molar-refractivity contribution in [1.29, 1.82) is 0 Å². The van der Waals surface area contributed by atoms with Crippen molar-refractivity contribution < 1.29 is 5.11 Å². The van der Waals surface area contributed by atoms with Crippen molar-refractivity contribution in [2.75, 3.05) is 0 Å². The van der Waals surface area contributed by atoms with Crippen LogP contribution in [0.5, 0.6) is 0 Å². The van der Waals surface area contributed by atoms with E-state index in [1.54, 1.807) is 23.3 Å². The maximum atomic E-state index is 8.79. The molecule has 0 aliphatic carbocycles. The molecule has 2 aromatic heterocycles. The summed E-state index contributed by atoms with van der Waals surface area (Å²) in [5, 5.41) is 16.4. The first-order valence-corrected chi connectivity index (χ1v) is 4.27. The van der Waals surface area contributed by atoms with Crippen molar-refractivity contribution in [1.82, 2.24) is 20.0 Å². The molecule has 14 heavy (non-hydrogen) atoms. The SMILES string of the molecule is OCc1cn(Cc2ccncc2)nn1.